The Morgan fingerprint density at radius 2 is 2.21 bits per heavy atom. The number of carbonyl (C=O) groups excluding carboxylic acids is 1. The number of hydrogen-bond donors (Lipinski definition) is 1. The van der Waals surface area contributed by atoms with Crippen molar-refractivity contribution in [1.82, 2.24) is 4.90 Å². The molecule has 0 saturated heterocycles. The number of nitrogens with zero attached hydrogens (tertiary/aromatic N) is 1. The lowest BCUT2D eigenvalue weighted by Crippen LogP contribution is -2.32. The van der Waals surface area contributed by atoms with E-state index in [0.717, 1.165) is 36.1 Å². The molecule has 0 atom stereocenters. The molecule has 1 aliphatic carbocycles. The number of aliphatic hydroxyl groups excluding tert-OH is 1. The summed E-state index contributed by atoms with van der Waals surface area (Å²) in [6, 6.07) is 5.99. The average molecular weight is 257 g/mol. The molecule has 1 aromatic carbocycles. The molecule has 0 aliphatic heterocycles. The number of hydrogen-bond acceptors (Lipinski definition) is 2. The number of aryl methyl sites for hydroxylation is 1. The fraction of sp³-hybridized carbons (Fsp3) is 0.438. The molecule has 3 heteroatoms. The van der Waals surface area contributed by atoms with Gasteiger partial charge in [-0.25, -0.2) is 0 Å². The van der Waals surface area contributed by atoms with Crippen molar-refractivity contribution < 1.29 is 9.90 Å². The van der Waals surface area contributed by atoms with E-state index in [-0.39, 0.29) is 12.5 Å². The highest BCUT2D eigenvalue weighted by molar-refractivity contribution is 5.95. The van der Waals surface area contributed by atoms with Crippen LogP contribution in [0.3, 0.4) is 0 Å². The standard InChI is InChI=1S/C16H19NO2/c1-3-17(15-8-9-15)16(19)14-7-6-13(5-4-10-18)12(2)11-14/h6-7,11,15,18H,3,8-10H2,1-2H3. The van der Waals surface area contributed by atoms with E-state index in [1.165, 1.54) is 0 Å². The Kier molecular flexibility index (Phi) is 4.24. The first-order chi connectivity index (χ1) is 9.17. The van der Waals surface area contributed by atoms with Crippen LogP contribution in [0.15, 0.2) is 18.2 Å². The van der Waals surface area contributed by atoms with Crippen molar-refractivity contribution in [3.05, 3.63) is 34.9 Å². The molecule has 1 aliphatic rings. The van der Waals surface area contributed by atoms with Gasteiger partial charge >= 0.3 is 0 Å². The van der Waals surface area contributed by atoms with Gasteiger partial charge in [0.25, 0.3) is 5.91 Å². The first-order valence-corrected chi connectivity index (χ1v) is 6.68. The van der Waals surface area contributed by atoms with Crippen molar-refractivity contribution in [1.29, 1.82) is 0 Å². The molecule has 0 heterocycles. The van der Waals surface area contributed by atoms with E-state index in [0.29, 0.717) is 6.04 Å². The molecule has 100 valence electrons. The third kappa shape index (κ3) is 3.15. The van der Waals surface area contributed by atoms with Crippen LogP contribution in [-0.4, -0.2) is 35.1 Å². The second-order valence-corrected chi connectivity index (χ2v) is 4.81. The number of benzene rings is 1. The van der Waals surface area contributed by atoms with Gasteiger partial charge in [-0.1, -0.05) is 11.8 Å². The van der Waals surface area contributed by atoms with E-state index in [1.54, 1.807) is 0 Å². The molecular formula is C16H19NO2. The Labute approximate surface area is 114 Å². The van der Waals surface area contributed by atoms with Gasteiger partial charge < -0.3 is 10.0 Å². The molecule has 1 aromatic rings. The number of rotatable bonds is 3. The van der Waals surface area contributed by atoms with E-state index in [2.05, 4.69) is 11.8 Å². The maximum atomic E-state index is 12.4. The molecule has 0 spiro atoms. The summed E-state index contributed by atoms with van der Waals surface area (Å²) in [6.45, 7) is 4.57. The molecule has 1 saturated carbocycles. The van der Waals surface area contributed by atoms with Gasteiger partial charge in [0.1, 0.15) is 6.61 Å². The van der Waals surface area contributed by atoms with Crippen LogP contribution in [0.4, 0.5) is 0 Å². The van der Waals surface area contributed by atoms with Gasteiger partial charge in [0.2, 0.25) is 0 Å². The third-order valence-corrected chi connectivity index (χ3v) is 3.36. The molecule has 3 nitrogen and oxygen atoms in total. The molecule has 19 heavy (non-hydrogen) atoms. The predicted octanol–water partition coefficient (Wildman–Crippen LogP) is 1.96. The van der Waals surface area contributed by atoms with E-state index in [9.17, 15) is 4.79 Å². The minimum atomic E-state index is -0.147. The summed E-state index contributed by atoms with van der Waals surface area (Å²) in [5.74, 6) is 5.61. The third-order valence-electron chi connectivity index (χ3n) is 3.36. The van der Waals surface area contributed by atoms with Gasteiger partial charge in [0, 0.05) is 23.7 Å². The maximum Gasteiger partial charge on any atom is 0.254 e. The Morgan fingerprint density at radius 1 is 1.47 bits per heavy atom. The number of amides is 1. The zero-order valence-electron chi connectivity index (χ0n) is 11.4. The lowest BCUT2D eigenvalue weighted by Gasteiger charge is -2.20. The van der Waals surface area contributed by atoms with Crippen LogP contribution in [0.2, 0.25) is 0 Å². The van der Waals surface area contributed by atoms with Crippen molar-refractivity contribution >= 4 is 5.91 Å². The molecule has 1 fully saturated rings. The van der Waals surface area contributed by atoms with Gasteiger partial charge in [0.15, 0.2) is 0 Å². The SMILES string of the molecule is CCN(C(=O)c1ccc(C#CCO)c(C)c1)C1CC1. The summed E-state index contributed by atoms with van der Waals surface area (Å²) >= 11 is 0. The second kappa shape index (κ2) is 5.90. The molecule has 0 radical (unpaired) electrons. The Morgan fingerprint density at radius 3 is 2.74 bits per heavy atom. The van der Waals surface area contributed by atoms with Gasteiger partial charge in [-0.2, -0.15) is 0 Å². The highest BCUT2D eigenvalue weighted by Gasteiger charge is 2.31. The maximum absolute atomic E-state index is 12.4. The van der Waals surface area contributed by atoms with Crippen molar-refractivity contribution in [2.75, 3.05) is 13.2 Å². The van der Waals surface area contributed by atoms with Gasteiger partial charge in [-0.3, -0.25) is 4.79 Å². The largest absolute Gasteiger partial charge is 0.384 e. The van der Waals surface area contributed by atoms with Gasteiger partial charge in [0.05, 0.1) is 0 Å². The average Bonchev–Trinajstić information content (AvgIpc) is 3.22. The summed E-state index contributed by atoms with van der Waals surface area (Å²) in [6.07, 6.45) is 2.25. The molecule has 2 rings (SSSR count). The lowest BCUT2D eigenvalue weighted by molar-refractivity contribution is 0.0752. The van der Waals surface area contributed by atoms with E-state index < -0.39 is 0 Å². The molecule has 0 aromatic heterocycles. The van der Waals surface area contributed by atoms with Crippen LogP contribution < -0.4 is 0 Å². The fourth-order valence-electron chi connectivity index (χ4n) is 2.19. The summed E-state index contributed by atoms with van der Waals surface area (Å²) in [7, 11) is 0. The number of carbonyl (C=O) groups is 1. The quantitative estimate of drug-likeness (QED) is 0.841. The lowest BCUT2D eigenvalue weighted by atomic mass is 10.0. The Bertz CT molecular complexity index is 535. The highest BCUT2D eigenvalue weighted by Crippen LogP contribution is 2.28. The van der Waals surface area contributed by atoms with Crippen LogP contribution >= 0.6 is 0 Å². The zero-order valence-corrected chi connectivity index (χ0v) is 11.4. The fourth-order valence-corrected chi connectivity index (χ4v) is 2.19. The minimum absolute atomic E-state index is 0.106. The molecular weight excluding hydrogens is 238 g/mol. The molecule has 1 N–H and O–H groups in total. The van der Waals surface area contributed by atoms with Crippen LogP contribution in [0.1, 0.15) is 41.3 Å². The van der Waals surface area contributed by atoms with Crippen molar-refractivity contribution in [3.63, 3.8) is 0 Å². The van der Waals surface area contributed by atoms with Crippen LogP contribution in [0.5, 0.6) is 0 Å². The molecule has 1 amide bonds. The Balaban J connectivity index is 2.21. The topological polar surface area (TPSA) is 40.5 Å². The van der Waals surface area contributed by atoms with E-state index in [1.807, 2.05) is 36.9 Å². The van der Waals surface area contributed by atoms with Crippen molar-refractivity contribution in [2.45, 2.75) is 32.7 Å². The summed E-state index contributed by atoms with van der Waals surface area (Å²) in [5, 5.41) is 8.70. The first kappa shape index (κ1) is 13.6. The zero-order chi connectivity index (χ0) is 13.8. The van der Waals surface area contributed by atoms with E-state index >= 15 is 0 Å². The van der Waals surface area contributed by atoms with Crippen LogP contribution in [0.25, 0.3) is 0 Å². The first-order valence-electron chi connectivity index (χ1n) is 6.68. The number of aliphatic hydroxyl groups is 1. The molecule has 0 unspecified atom stereocenters. The molecule has 0 bridgehead atoms. The van der Waals surface area contributed by atoms with Crippen molar-refractivity contribution in [2.24, 2.45) is 0 Å². The minimum Gasteiger partial charge on any atom is -0.384 e. The van der Waals surface area contributed by atoms with Crippen LogP contribution in [0, 0.1) is 18.8 Å². The smallest absolute Gasteiger partial charge is 0.254 e. The predicted molar refractivity (Wildman–Crippen MR) is 74.9 cm³/mol. The van der Waals surface area contributed by atoms with Gasteiger partial charge in [-0.15, -0.1) is 0 Å². The summed E-state index contributed by atoms with van der Waals surface area (Å²) in [4.78, 5) is 14.3. The van der Waals surface area contributed by atoms with E-state index in [4.69, 9.17) is 5.11 Å². The highest BCUT2D eigenvalue weighted by atomic mass is 16.2. The Hall–Kier alpha value is -1.79. The monoisotopic (exact) mass is 257 g/mol. The van der Waals surface area contributed by atoms with Crippen molar-refractivity contribution in [3.8, 4) is 11.8 Å². The summed E-state index contributed by atoms with van der Waals surface area (Å²) < 4.78 is 0. The second-order valence-electron chi connectivity index (χ2n) is 4.81. The van der Waals surface area contributed by atoms with Gasteiger partial charge in [-0.05, 0) is 50.5 Å². The normalized spacial score (nSPS) is 13.6. The van der Waals surface area contributed by atoms with Crippen LogP contribution in [-0.2, 0) is 0 Å². The summed E-state index contributed by atoms with van der Waals surface area (Å²) in [5.41, 5.74) is 2.56.